The van der Waals surface area contributed by atoms with Crippen molar-refractivity contribution in [2.75, 3.05) is 12.3 Å². The van der Waals surface area contributed by atoms with Crippen LogP contribution in [0.25, 0.3) is 11.2 Å². The molecule has 0 spiro atoms. The molecule has 1 aromatic carbocycles. The second kappa shape index (κ2) is 8.43. The van der Waals surface area contributed by atoms with E-state index in [-0.39, 0.29) is 23.7 Å². The van der Waals surface area contributed by atoms with E-state index in [0.29, 0.717) is 6.42 Å². The summed E-state index contributed by atoms with van der Waals surface area (Å²) in [4.78, 5) is 34.6. The van der Waals surface area contributed by atoms with Gasteiger partial charge in [-0.15, -0.1) is 0 Å². The van der Waals surface area contributed by atoms with Gasteiger partial charge in [-0.05, 0) is 12.0 Å². The van der Waals surface area contributed by atoms with Crippen LogP contribution in [-0.2, 0) is 16.0 Å². The van der Waals surface area contributed by atoms with Gasteiger partial charge in [0.05, 0.1) is 12.4 Å². The number of aromatic nitrogens is 4. The minimum absolute atomic E-state index is 0.0168. The average molecular weight is 429 g/mol. The van der Waals surface area contributed by atoms with E-state index >= 15 is 0 Å². The molecule has 31 heavy (non-hydrogen) atoms. The molecular weight excluding hydrogens is 406 g/mol. The van der Waals surface area contributed by atoms with Gasteiger partial charge in [0.2, 0.25) is 11.9 Å². The van der Waals surface area contributed by atoms with E-state index in [1.165, 1.54) is 10.9 Å². The van der Waals surface area contributed by atoms with Crippen molar-refractivity contribution in [1.29, 1.82) is 0 Å². The quantitative estimate of drug-likeness (QED) is 0.257. The number of carbonyl (C=O) groups is 1. The van der Waals surface area contributed by atoms with Crippen molar-refractivity contribution in [2.45, 2.75) is 37.0 Å². The summed E-state index contributed by atoms with van der Waals surface area (Å²) in [5, 5.41) is 23.5. The fraction of sp³-hybridized carbons (Fsp3) is 0.368. The number of nitrogens with zero attached hydrogens (tertiary/aromatic N) is 3. The third kappa shape index (κ3) is 4.14. The van der Waals surface area contributed by atoms with Gasteiger partial charge in [0.1, 0.15) is 18.3 Å². The number of aliphatic hydroxyl groups excluding tert-OH is 2. The number of rotatable bonds is 6. The van der Waals surface area contributed by atoms with Gasteiger partial charge in [-0.3, -0.25) is 19.1 Å². The minimum atomic E-state index is -1.35. The number of amides is 1. The van der Waals surface area contributed by atoms with E-state index in [2.05, 4.69) is 20.3 Å². The number of carbonyl (C=O) groups excluding carboxylic acids is 1. The molecular formula is C19H23N7O5. The largest absolute Gasteiger partial charge is 0.387 e. The first-order valence-electron chi connectivity index (χ1n) is 9.66. The van der Waals surface area contributed by atoms with Crippen LogP contribution in [0, 0.1) is 0 Å². The third-order valence-corrected chi connectivity index (χ3v) is 5.17. The van der Waals surface area contributed by atoms with Crippen LogP contribution in [0.3, 0.4) is 0 Å². The Kier molecular flexibility index (Phi) is 5.69. The van der Waals surface area contributed by atoms with Crippen molar-refractivity contribution in [2.24, 2.45) is 5.73 Å². The molecule has 12 nitrogen and oxygen atoms in total. The smallest absolute Gasteiger partial charge is 0.280 e. The van der Waals surface area contributed by atoms with E-state index in [4.69, 9.17) is 16.2 Å². The molecule has 4 rings (SSSR count). The maximum atomic E-state index is 12.3. The van der Waals surface area contributed by atoms with Crippen LogP contribution in [-0.4, -0.2) is 66.5 Å². The van der Waals surface area contributed by atoms with Crippen LogP contribution < -0.4 is 22.3 Å². The lowest BCUT2D eigenvalue weighted by atomic mass is 10.1. The summed E-state index contributed by atoms with van der Waals surface area (Å²) in [5.41, 5.74) is 12.1. The van der Waals surface area contributed by atoms with Gasteiger partial charge in [-0.1, -0.05) is 30.3 Å². The standard InChI is InChI=1S/C19H23N7O5/c20-10(6-9-4-2-1-3-5-9)16(29)22-7-11-13(27)14(28)18(31-11)26-8-23-12-15(26)24-19(21)25-17(12)30/h1-5,8,10-11,13-14,18,27-28H,6-7,20H2,(H,22,29)(H3,21,24,25,30)/t10-,11-,13-,14-,18-/m1/s1. The van der Waals surface area contributed by atoms with Gasteiger partial charge < -0.3 is 31.7 Å². The van der Waals surface area contributed by atoms with Crippen LogP contribution in [0.15, 0.2) is 41.5 Å². The average Bonchev–Trinajstić information content (AvgIpc) is 3.28. The Labute approximate surface area is 175 Å². The maximum Gasteiger partial charge on any atom is 0.280 e. The van der Waals surface area contributed by atoms with Crippen molar-refractivity contribution in [3.8, 4) is 0 Å². The fourth-order valence-electron chi connectivity index (χ4n) is 3.55. The molecule has 0 radical (unpaired) electrons. The molecule has 12 heteroatoms. The normalized spacial score (nSPS) is 24.4. The van der Waals surface area contributed by atoms with Crippen molar-refractivity contribution < 1.29 is 19.7 Å². The number of aliphatic hydroxyl groups is 2. The van der Waals surface area contributed by atoms with E-state index < -0.39 is 42.0 Å². The van der Waals surface area contributed by atoms with Gasteiger partial charge in [-0.25, -0.2) is 4.98 Å². The Morgan fingerprint density at radius 3 is 2.77 bits per heavy atom. The molecule has 1 aliphatic heterocycles. The summed E-state index contributed by atoms with van der Waals surface area (Å²) in [7, 11) is 0. The lowest BCUT2D eigenvalue weighted by Gasteiger charge is -2.18. The molecule has 0 saturated carbocycles. The van der Waals surface area contributed by atoms with Crippen molar-refractivity contribution in [1.82, 2.24) is 24.8 Å². The third-order valence-electron chi connectivity index (χ3n) is 5.17. The van der Waals surface area contributed by atoms with Gasteiger partial charge in [0, 0.05) is 6.54 Å². The highest BCUT2D eigenvalue weighted by atomic mass is 16.6. The van der Waals surface area contributed by atoms with Crippen molar-refractivity contribution in [3.05, 3.63) is 52.6 Å². The van der Waals surface area contributed by atoms with Gasteiger partial charge in [0.15, 0.2) is 17.4 Å². The SMILES string of the molecule is Nc1nc2c(ncn2[C@@H]2O[C@H](CNC(=O)[C@H](N)Cc3ccccc3)[C@@H](O)[C@H]2O)c(=O)[nH]1. The number of imidazole rings is 1. The fourth-order valence-corrected chi connectivity index (χ4v) is 3.55. The minimum Gasteiger partial charge on any atom is -0.387 e. The number of nitrogens with two attached hydrogens (primary N) is 2. The highest BCUT2D eigenvalue weighted by molar-refractivity contribution is 5.81. The first kappa shape index (κ1) is 20.9. The molecule has 2 aromatic heterocycles. The molecule has 1 fully saturated rings. The van der Waals surface area contributed by atoms with Crippen molar-refractivity contribution in [3.63, 3.8) is 0 Å². The summed E-state index contributed by atoms with van der Waals surface area (Å²) in [6.45, 7) is -0.0706. The molecule has 0 aliphatic carbocycles. The lowest BCUT2D eigenvalue weighted by Crippen LogP contribution is -2.46. The molecule has 8 N–H and O–H groups in total. The number of fused-ring (bicyclic) bond motifs is 1. The summed E-state index contributed by atoms with van der Waals surface area (Å²) < 4.78 is 7.06. The molecule has 164 valence electrons. The summed E-state index contributed by atoms with van der Waals surface area (Å²) >= 11 is 0. The highest BCUT2D eigenvalue weighted by Gasteiger charge is 2.44. The van der Waals surface area contributed by atoms with Gasteiger partial charge >= 0.3 is 0 Å². The Bertz CT molecular complexity index is 1130. The maximum absolute atomic E-state index is 12.3. The second-order valence-corrected chi connectivity index (χ2v) is 7.36. The molecule has 1 amide bonds. The first-order valence-corrected chi connectivity index (χ1v) is 9.66. The van der Waals surface area contributed by atoms with Crippen molar-refractivity contribution >= 4 is 23.0 Å². The summed E-state index contributed by atoms with van der Waals surface area (Å²) in [6.07, 6.45) is -3.01. The molecule has 3 heterocycles. The van der Waals surface area contributed by atoms with Gasteiger partial charge in [0.25, 0.3) is 5.56 Å². The predicted molar refractivity (Wildman–Crippen MR) is 110 cm³/mol. The van der Waals surface area contributed by atoms with Gasteiger partial charge in [-0.2, -0.15) is 4.98 Å². The van der Waals surface area contributed by atoms with Crippen LogP contribution in [0.5, 0.6) is 0 Å². The van der Waals surface area contributed by atoms with E-state index in [1.807, 2.05) is 30.3 Å². The highest BCUT2D eigenvalue weighted by Crippen LogP contribution is 2.30. The Balaban J connectivity index is 1.42. The molecule has 3 aromatic rings. The molecule has 1 saturated heterocycles. The van der Waals surface area contributed by atoms with E-state index in [0.717, 1.165) is 5.56 Å². The zero-order valence-electron chi connectivity index (χ0n) is 16.4. The van der Waals surface area contributed by atoms with E-state index in [1.54, 1.807) is 0 Å². The monoisotopic (exact) mass is 429 g/mol. The summed E-state index contributed by atoms with van der Waals surface area (Å²) in [5.74, 6) is -0.532. The van der Waals surface area contributed by atoms with E-state index in [9.17, 15) is 19.8 Å². The number of aromatic amines is 1. The molecule has 5 atom stereocenters. The zero-order valence-corrected chi connectivity index (χ0v) is 16.4. The first-order chi connectivity index (χ1) is 14.8. The number of benzene rings is 1. The molecule has 0 bridgehead atoms. The number of anilines is 1. The molecule has 0 unspecified atom stereocenters. The van der Waals surface area contributed by atoms with Crippen LogP contribution >= 0.6 is 0 Å². The number of H-pyrrole nitrogens is 1. The van der Waals surface area contributed by atoms with Crippen LogP contribution in [0.4, 0.5) is 5.95 Å². The Morgan fingerprint density at radius 1 is 1.29 bits per heavy atom. The zero-order chi connectivity index (χ0) is 22.1. The number of nitrogen functional groups attached to an aromatic ring is 1. The van der Waals surface area contributed by atoms with Crippen LogP contribution in [0.1, 0.15) is 11.8 Å². The lowest BCUT2D eigenvalue weighted by molar-refractivity contribution is -0.123. The number of hydrogen-bond donors (Lipinski definition) is 6. The van der Waals surface area contributed by atoms with Crippen LogP contribution in [0.2, 0.25) is 0 Å². The summed E-state index contributed by atoms with van der Waals surface area (Å²) in [6, 6.07) is 8.57. The number of nitrogens with one attached hydrogen (secondary N) is 2. The predicted octanol–water partition coefficient (Wildman–Crippen LogP) is -1.99. The Morgan fingerprint density at radius 2 is 2.03 bits per heavy atom. The second-order valence-electron chi connectivity index (χ2n) is 7.36. The number of ether oxygens (including phenoxy) is 1. The Hall–Kier alpha value is -3.32. The number of hydrogen-bond acceptors (Lipinski definition) is 9. The topological polar surface area (TPSA) is 194 Å². The molecule has 1 aliphatic rings.